The van der Waals surface area contributed by atoms with E-state index in [-0.39, 0.29) is 5.91 Å². The third-order valence-electron chi connectivity index (χ3n) is 3.53. The summed E-state index contributed by atoms with van der Waals surface area (Å²) in [6.45, 7) is 2.27. The number of benzene rings is 1. The first kappa shape index (κ1) is 13.9. The fourth-order valence-electron chi connectivity index (χ4n) is 2.31. The minimum Gasteiger partial charge on any atom is -0.349 e. The Labute approximate surface area is 121 Å². The van der Waals surface area contributed by atoms with Gasteiger partial charge in [0.05, 0.1) is 5.02 Å². The SMILES string of the molecule is CC1CCC(NC(=O)c2ccc(Cl)c(Br)c2)CC1. The molecule has 2 nitrogen and oxygen atoms in total. The number of halogens is 2. The van der Waals surface area contributed by atoms with Crippen LogP contribution >= 0.6 is 27.5 Å². The minimum absolute atomic E-state index is 0.00748. The van der Waals surface area contributed by atoms with Gasteiger partial charge in [-0.3, -0.25) is 4.79 Å². The lowest BCUT2D eigenvalue weighted by molar-refractivity contribution is 0.0923. The zero-order valence-electron chi connectivity index (χ0n) is 10.4. The van der Waals surface area contributed by atoms with Crippen molar-refractivity contribution >= 4 is 33.4 Å². The molecule has 1 aromatic carbocycles. The number of amides is 1. The van der Waals surface area contributed by atoms with Gasteiger partial charge in [0, 0.05) is 16.1 Å². The molecule has 1 fully saturated rings. The second-order valence-corrected chi connectivity index (χ2v) is 6.32. The molecule has 0 atom stereocenters. The van der Waals surface area contributed by atoms with Crippen LogP contribution in [0.5, 0.6) is 0 Å². The molecular formula is C14H17BrClNO. The highest BCUT2D eigenvalue weighted by Gasteiger charge is 2.20. The molecule has 0 radical (unpaired) electrons. The fraction of sp³-hybridized carbons (Fsp3) is 0.500. The van der Waals surface area contributed by atoms with E-state index in [2.05, 4.69) is 28.2 Å². The zero-order chi connectivity index (χ0) is 13.1. The molecular weight excluding hydrogens is 314 g/mol. The van der Waals surface area contributed by atoms with Crippen molar-refractivity contribution in [2.75, 3.05) is 0 Å². The van der Waals surface area contributed by atoms with E-state index in [1.54, 1.807) is 18.2 Å². The van der Waals surface area contributed by atoms with Gasteiger partial charge >= 0.3 is 0 Å². The molecule has 1 aromatic rings. The smallest absolute Gasteiger partial charge is 0.251 e. The van der Waals surface area contributed by atoms with Crippen LogP contribution in [0.1, 0.15) is 43.0 Å². The number of carbonyl (C=O) groups is 1. The van der Waals surface area contributed by atoms with E-state index in [4.69, 9.17) is 11.6 Å². The quantitative estimate of drug-likeness (QED) is 0.855. The van der Waals surface area contributed by atoms with Gasteiger partial charge in [-0.25, -0.2) is 0 Å². The molecule has 0 aromatic heterocycles. The highest BCUT2D eigenvalue weighted by molar-refractivity contribution is 9.10. The average Bonchev–Trinajstić information content (AvgIpc) is 2.35. The lowest BCUT2D eigenvalue weighted by atomic mass is 9.87. The number of rotatable bonds is 2. The number of hydrogen-bond acceptors (Lipinski definition) is 1. The predicted octanol–water partition coefficient (Wildman–Crippen LogP) is 4.41. The summed E-state index contributed by atoms with van der Waals surface area (Å²) in [6.07, 6.45) is 4.58. The summed E-state index contributed by atoms with van der Waals surface area (Å²) in [6, 6.07) is 5.59. The Morgan fingerprint density at radius 1 is 1.33 bits per heavy atom. The molecule has 1 amide bonds. The molecule has 4 heteroatoms. The lowest BCUT2D eigenvalue weighted by Crippen LogP contribution is -2.37. The largest absolute Gasteiger partial charge is 0.349 e. The Hall–Kier alpha value is -0.540. The number of carbonyl (C=O) groups excluding carboxylic acids is 1. The normalized spacial score (nSPS) is 23.7. The summed E-state index contributed by atoms with van der Waals surface area (Å²) >= 11 is 9.25. The van der Waals surface area contributed by atoms with Crippen LogP contribution in [0.15, 0.2) is 22.7 Å². The standard InChI is InChI=1S/C14H17BrClNO/c1-9-2-5-11(6-3-9)17-14(18)10-4-7-13(16)12(15)8-10/h4,7-9,11H,2-3,5-6H2,1H3,(H,17,18). The summed E-state index contributed by atoms with van der Waals surface area (Å²) in [5.41, 5.74) is 0.657. The Morgan fingerprint density at radius 2 is 2.00 bits per heavy atom. The Balaban J connectivity index is 1.97. The van der Waals surface area contributed by atoms with Gasteiger partial charge in [0.15, 0.2) is 0 Å². The molecule has 1 aliphatic rings. The van der Waals surface area contributed by atoms with E-state index in [0.29, 0.717) is 16.6 Å². The Bertz CT molecular complexity index is 441. The molecule has 0 bridgehead atoms. The molecule has 98 valence electrons. The second kappa shape index (κ2) is 6.07. The van der Waals surface area contributed by atoms with Crippen molar-refractivity contribution in [3.05, 3.63) is 33.3 Å². The molecule has 1 N–H and O–H groups in total. The van der Waals surface area contributed by atoms with Crippen LogP contribution < -0.4 is 5.32 Å². The first-order valence-corrected chi connectivity index (χ1v) is 7.49. The third kappa shape index (κ3) is 3.48. The summed E-state index contributed by atoms with van der Waals surface area (Å²) in [5, 5.41) is 3.72. The van der Waals surface area contributed by atoms with E-state index in [9.17, 15) is 4.79 Å². The molecule has 1 saturated carbocycles. The van der Waals surface area contributed by atoms with Gasteiger partial charge in [-0.1, -0.05) is 18.5 Å². The highest BCUT2D eigenvalue weighted by atomic mass is 79.9. The van der Waals surface area contributed by atoms with Crippen LogP contribution in [0.3, 0.4) is 0 Å². The summed E-state index contributed by atoms with van der Waals surface area (Å²) < 4.78 is 0.758. The maximum absolute atomic E-state index is 12.1. The van der Waals surface area contributed by atoms with Gasteiger partial charge in [0.25, 0.3) is 5.91 Å². The van der Waals surface area contributed by atoms with Crippen LogP contribution in [0.25, 0.3) is 0 Å². The monoisotopic (exact) mass is 329 g/mol. The van der Waals surface area contributed by atoms with Crippen molar-refractivity contribution in [1.82, 2.24) is 5.32 Å². The van der Waals surface area contributed by atoms with Gasteiger partial charge in [0.1, 0.15) is 0 Å². The first-order valence-electron chi connectivity index (χ1n) is 6.32. The molecule has 0 aliphatic heterocycles. The van der Waals surface area contributed by atoms with Crippen LogP contribution in [0, 0.1) is 5.92 Å². The van der Waals surface area contributed by atoms with Crippen LogP contribution in [-0.2, 0) is 0 Å². The van der Waals surface area contributed by atoms with Crippen LogP contribution in [-0.4, -0.2) is 11.9 Å². The van der Waals surface area contributed by atoms with Gasteiger partial charge in [-0.15, -0.1) is 0 Å². The summed E-state index contributed by atoms with van der Waals surface area (Å²) in [7, 11) is 0. The zero-order valence-corrected chi connectivity index (χ0v) is 12.7. The van der Waals surface area contributed by atoms with Crippen LogP contribution in [0.2, 0.25) is 5.02 Å². The summed E-state index contributed by atoms with van der Waals surface area (Å²) in [4.78, 5) is 12.1. The van der Waals surface area contributed by atoms with Crippen molar-refractivity contribution < 1.29 is 4.79 Å². The molecule has 0 spiro atoms. The van der Waals surface area contributed by atoms with Crippen molar-refractivity contribution in [2.24, 2.45) is 5.92 Å². The van der Waals surface area contributed by atoms with Crippen molar-refractivity contribution in [2.45, 2.75) is 38.6 Å². The minimum atomic E-state index is -0.00748. The Morgan fingerprint density at radius 3 is 2.61 bits per heavy atom. The lowest BCUT2D eigenvalue weighted by Gasteiger charge is -2.26. The predicted molar refractivity (Wildman–Crippen MR) is 78.0 cm³/mol. The molecule has 18 heavy (non-hydrogen) atoms. The van der Waals surface area contributed by atoms with E-state index >= 15 is 0 Å². The van der Waals surface area contributed by atoms with Gasteiger partial charge in [-0.05, 0) is 65.7 Å². The fourth-order valence-corrected chi connectivity index (χ4v) is 2.81. The molecule has 0 heterocycles. The molecule has 0 saturated heterocycles. The van der Waals surface area contributed by atoms with Gasteiger partial charge < -0.3 is 5.32 Å². The van der Waals surface area contributed by atoms with Crippen molar-refractivity contribution in [3.8, 4) is 0 Å². The van der Waals surface area contributed by atoms with Gasteiger partial charge in [0.2, 0.25) is 0 Å². The highest BCUT2D eigenvalue weighted by Crippen LogP contribution is 2.25. The average molecular weight is 331 g/mol. The molecule has 1 aliphatic carbocycles. The second-order valence-electron chi connectivity index (χ2n) is 5.06. The van der Waals surface area contributed by atoms with E-state index in [1.165, 1.54) is 12.8 Å². The van der Waals surface area contributed by atoms with Crippen molar-refractivity contribution in [3.63, 3.8) is 0 Å². The van der Waals surface area contributed by atoms with E-state index < -0.39 is 0 Å². The third-order valence-corrected chi connectivity index (χ3v) is 4.75. The Kier molecular flexibility index (Phi) is 4.68. The number of hydrogen-bond donors (Lipinski definition) is 1. The first-order chi connectivity index (χ1) is 8.56. The summed E-state index contributed by atoms with van der Waals surface area (Å²) in [5.74, 6) is 0.787. The maximum Gasteiger partial charge on any atom is 0.251 e. The van der Waals surface area contributed by atoms with Crippen LogP contribution in [0.4, 0.5) is 0 Å². The van der Waals surface area contributed by atoms with Gasteiger partial charge in [-0.2, -0.15) is 0 Å². The number of nitrogens with one attached hydrogen (secondary N) is 1. The maximum atomic E-state index is 12.1. The molecule has 0 unspecified atom stereocenters. The van der Waals surface area contributed by atoms with Crippen molar-refractivity contribution in [1.29, 1.82) is 0 Å². The van der Waals surface area contributed by atoms with E-state index in [0.717, 1.165) is 23.2 Å². The molecule has 2 rings (SSSR count). The van der Waals surface area contributed by atoms with E-state index in [1.807, 2.05) is 0 Å². The topological polar surface area (TPSA) is 29.1 Å².